The summed E-state index contributed by atoms with van der Waals surface area (Å²) in [7, 11) is 0. The van der Waals surface area contributed by atoms with E-state index >= 15 is 0 Å². The van der Waals surface area contributed by atoms with Gasteiger partial charge in [0.15, 0.2) is 0 Å². The Morgan fingerprint density at radius 3 is 2.21 bits per heavy atom. The minimum atomic E-state index is -0.0226. The summed E-state index contributed by atoms with van der Waals surface area (Å²) in [5.74, 6) is 0. The van der Waals surface area contributed by atoms with Crippen molar-refractivity contribution in [1.82, 2.24) is 0 Å². The van der Waals surface area contributed by atoms with Crippen LogP contribution < -0.4 is 11.5 Å². The topological polar surface area (TPSA) is 52.0 Å². The van der Waals surface area contributed by atoms with E-state index < -0.39 is 0 Å². The molecule has 0 aromatic heterocycles. The Morgan fingerprint density at radius 1 is 1.21 bits per heavy atom. The van der Waals surface area contributed by atoms with Crippen LogP contribution in [0, 0.1) is 13.8 Å². The molecule has 4 heteroatoms. The standard InChI is InChI=1S/C10H16N2.2ClH/c1-7-3-4-9(8(2)5-7)10(12)6-11;;/h3-5,10H,6,11-12H2,1-2H3;2*1H/t10-;;/m0../s1. The molecule has 0 saturated carbocycles. The lowest BCUT2D eigenvalue weighted by Gasteiger charge is -2.12. The van der Waals surface area contributed by atoms with Gasteiger partial charge in [0.2, 0.25) is 0 Å². The molecule has 1 aromatic rings. The number of hydrogen-bond acceptors (Lipinski definition) is 2. The number of aryl methyl sites for hydroxylation is 2. The summed E-state index contributed by atoms with van der Waals surface area (Å²) in [6.45, 7) is 4.65. The first-order valence-corrected chi connectivity index (χ1v) is 4.18. The van der Waals surface area contributed by atoms with E-state index in [1.54, 1.807) is 0 Å². The van der Waals surface area contributed by atoms with Crippen LogP contribution in [-0.4, -0.2) is 6.54 Å². The van der Waals surface area contributed by atoms with Crippen molar-refractivity contribution in [1.29, 1.82) is 0 Å². The molecular formula is C10H18Cl2N2. The smallest absolute Gasteiger partial charge is 0.0422 e. The summed E-state index contributed by atoms with van der Waals surface area (Å²) in [5.41, 5.74) is 15.0. The molecule has 0 heterocycles. The zero-order valence-electron chi connectivity index (χ0n) is 8.49. The van der Waals surface area contributed by atoms with Gasteiger partial charge in [0.1, 0.15) is 0 Å². The highest BCUT2D eigenvalue weighted by Gasteiger charge is 2.05. The van der Waals surface area contributed by atoms with E-state index in [1.807, 2.05) is 0 Å². The molecule has 0 aliphatic heterocycles. The van der Waals surface area contributed by atoms with Crippen LogP contribution in [0.3, 0.4) is 0 Å². The van der Waals surface area contributed by atoms with Crippen molar-refractivity contribution in [2.24, 2.45) is 11.5 Å². The quantitative estimate of drug-likeness (QED) is 0.827. The third-order valence-corrected chi connectivity index (χ3v) is 2.08. The molecule has 14 heavy (non-hydrogen) atoms. The summed E-state index contributed by atoms with van der Waals surface area (Å²) in [6, 6.07) is 6.23. The maximum Gasteiger partial charge on any atom is 0.0422 e. The van der Waals surface area contributed by atoms with Gasteiger partial charge in [0.25, 0.3) is 0 Å². The molecule has 0 spiro atoms. The Morgan fingerprint density at radius 2 is 1.79 bits per heavy atom. The molecule has 0 radical (unpaired) electrons. The molecule has 0 aliphatic carbocycles. The number of nitrogens with two attached hydrogens (primary N) is 2. The summed E-state index contributed by atoms with van der Waals surface area (Å²) < 4.78 is 0. The molecule has 0 bridgehead atoms. The molecule has 1 rings (SSSR count). The van der Waals surface area contributed by atoms with Gasteiger partial charge >= 0.3 is 0 Å². The van der Waals surface area contributed by atoms with Crippen molar-refractivity contribution in [2.45, 2.75) is 19.9 Å². The Bertz CT molecular complexity index is 277. The van der Waals surface area contributed by atoms with Gasteiger partial charge in [-0.05, 0) is 25.0 Å². The van der Waals surface area contributed by atoms with Crippen molar-refractivity contribution in [3.63, 3.8) is 0 Å². The maximum atomic E-state index is 5.82. The minimum Gasteiger partial charge on any atom is -0.329 e. The van der Waals surface area contributed by atoms with E-state index in [2.05, 4.69) is 32.0 Å². The minimum absolute atomic E-state index is 0. The third kappa shape index (κ3) is 3.84. The van der Waals surface area contributed by atoms with Crippen LogP contribution in [0.15, 0.2) is 18.2 Å². The van der Waals surface area contributed by atoms with E-state index in [1.165, 1.54) is 11.1 Å². The molecule has 82 valence electrons. The molecule has 0 saturated heterocycles. The van der Waals surface area contributed by atoms with Gasteiger partial charge in [-0.1, -0.05) is 23.8 Å². The lowest BCUT2D eigenvalue weighted by atomic mass is 10.00. The summed E-state index contributed by atoms with van der Waals surface area (Å²) >= 11 is 0. The summed E-state index contributed by atoms with van der Waals surface area (Å²) in [6.07, 6.45) is 0. The van der Waals surface area contributed by atoms with E-state index in [9.17, 15) is 0 Å². The van der Waals surface area contributed by atoms with E-state index in [0.717, 1.165) is 5.56 Å². The number of hydrogen-bond donors (Lipinski definition) is 2. The van der Waals surface area contributed by atoms with Crippen LogP contribution in [0.25, 0.3) is 0 Å². The predicted octanol–water partition coefficient (Wildman–Crippen LogP) is 2.11. The van der Waals surface area contributed by atoms with Crippen LogP contribution in [0.1, 0.15) is 22.7 Å². The molecular weight excluding hydrogens is 219 g/mol. The van der Waals surface area contributed by atoms with Crippen LogP contribution in [-0.2, 0) is 0 Å². The largest absolute Gasteiger partial charge is 0.329 e. The second-order valence-corrected chi connectivity index (χ2v) is 3.20. The zero-order valence-corrected chi connectivity index (χ0v) is 10.1. The molecule has 4 N–H and O–H groups in total. The average Bonchev–Trinajstić information content (AvgIpc) is 2.03. The fraction of sp³-hybridized carbons (Fsp3) is 0.400. The molecule has 0 aliphatic rings. The fourth-order valence-corrected chi connectivity index (χ4v) is 1.37. The molecule has 1 aromatic carbocycles. The SMILES string of the molecule is Cc1ccc([C@@H](N)CN)c(C)c1.Cl.Cl. The second kappa shape index (κ2) is 7.07. The van der Waals surface area contributed by atoms with Gasteiger partial charge in [0.05, 0.1) is 0 Å². The Kier molecular flexibility index (Phi) is 8.16. The Labute approximate surface area is 97.9 Å². The predicted molar refractivity (Wildman–Crippen MR) is 66.4 cm³/mol. The lowest BCUT2D eigenvalue weighted by Crippen LogP contribution is -2.21. The van der Waals surface area contributed by atoms with Crippen molar-refractivity contribution >= 4 is 24.8 Å². The molecule has 0 amide bonds. The Hall–Kier alpha value is -0.280. The van der Waals surface area contributed by atoms with Gasteiger partial charge in [0, 0.05) is 12.6 Å². The van der Waals surface area contributed by atoms with Crippen molar-refractivity contribution < 1.29 is 0 Å². The normalized spacial score (nSPS) is 11.1. The number of benzene rings is 1. The summed E-state index contributed by atoms with van der Waals surface area (Å²) in [5, 5.41) is 0. The van der Waals surface area contributed by atoms with Crippen molar-refractivity contribution in [3.05, 3.63) is 34.9 Å². The van der Waals surface area contributed by atoms with Crippen LogP contribution in [0.4, 0.5) is 0 Å². The van der Waals surface area contributed by atoms with Gasteiger partial charge < -0.3 is 11.5 Å². The zero-order chi connectivity index (χ0) is 9.14. The monoisotopic (exact) mass is 236 g/mol. The highest BCUT2D eigenvalue weighted by Crippen LogP contribution is 2.15. The van der Waals surface area contributed by atoms with Crippen LogP contribution in [0.2, 0.25) is 0 Å². The number of rotatable bonds is 2. The molecule has 1 atom stereocenters. The second-order valence-electron chi connectivity index (χ2n) is 3.20. The fourth-order valence-electron chi connectivity index (χ4n) is 1.37. The van der Waals surface area contributed by atoms with Crippen molar-refractivity contribution in [2.75, 3.05) is 6.54 Å². The van der Waals surface area contributed by atoms with Gasteiger partial charge in [-0.3, -0.25) is 0 Å². The first-order valence-electron chi connectivity index (χ1n) is 4.18. The van der Waals surface area contributed by atoms with Crippen molar-refractivity contribution in [3.8, 4) is 0 Å². The first kappa shape index (κ1) is 16.2. The maximum absolute atomic E-state index is 5.82. The van der Waals surface area contributed by atoms with E-state index in [4.69, 9.17) is 11.5 Å². The van der Waals surface area contributed by atoms with E-state index in [-0.39, 0.29) is 30.9 Å². The Balaban J connectivity index is 0. The lowest BCUT2D eigenvalue weighted by molar-refractivity contribution is 0.731. The van der Waals surface area contributed by atoms with Gasteiger partial charge in [-0.15, -0.1) is 24.8 Å². The molecule has 0 unspecified atom stereocenters. The summed E-state index contributed by atoms with van der Waals surface area (Å²) in [4.78, 5) is 0. The molecule has 0 fully saturated rings. The third-order valence-electron chi connectivity index (χ3n) is 2.08. The van der Waals surface area contributed by atoms with E-state index in [0.29, 0.717) is 6.54 Å². The highest BCUT2D eigenvalue weighted by molar-refractivity contribution is 5.85. The van der Waals surface area contributed by atoms with Crippen LogP contribution in [0.5, 0.6) is 0 Å². The average molecular weight is 237 g/mol. The number of halogens is 2. The van der Waals surface area contributed by atoms with Crippen LogP contribution >= 0.6 is 24.8 Å². The van der Waals surface area contributed by atoms with Gasteiger partial charge in [-0.25, -0.2) is 0 Å². The first-order chi connectivity index (χ1) is 5.65. The highest BCUT2D eigenvalue weighted by atomic mass is 35.5. The molecule has 2 nitrogen and oxygen atoms in total. The van der Waals surface area contributed by atoms with Gasteiger partial charge in [-0.2, -0.15) is 0 Å².